The minimum Gasteiger partial charge on any atom is -0.481 e. The maximum atomic E-state index is 12.4. The Morgan fingerprint density at radius 1 is 1.41 bits per heavy atom. The first kappa shape index (κ1) is 15.7. The molecule has 1 aromatic rings. The van der Waals surface area contributed by atoms with E-state index >= 15 is 0 Å². The van der Waals surface area contributed by atoms with Gasteiger partial charge >= 0.3 is 5.97 Å². The number of rotatable bonds is 4. The van der Waals surface area contributed by atoms with E-state index in [4.69, 9.17) is 11.6 Å². The van der Waals surface area contributed by atoms with Gasteiger partial charge in [-0.15, -0.1) is 11.8 Å². The van der Waals surface area contributed by atoms with Crippen molar-refractivity contribution in [1.29, 1.82) is 0 Å². The van der Waals surface area contributed by atoms with Crippen LogP contribution in [0.5, 0.6) is 0 Å². The molecule has 4 nitrogen and oxygen atoms in total. The summed E-state index contributed by atoms with van der Waals surface area (Å²) in [7, 11) is 0. The topological polar surface area (TPSA) is 57.6 Å². The summed E-state index contributed by atoms with van der Waals surface area (Å²) in [6.07, 6.45) is 2.55. The highest BCUT2D eigenvalue weighted by atomic mass is 35.5. The van der Waals surface area contributed by atoms with E-state index in [0.717, 1.165) is 17.7 Å². The Labute approximate surface area is 138 Å². The predicted molar refractivity (Wildman–Crippen MR) is 86.2 cm³/mol. The highest BCUT2D eigenvalue weighted by Crippen LogP contribution is 2.49. The first-order chi connectivity index (χ1) is 10.5. The van der Waals surface area contributed by atoms with Gasteiger partial charge in [-0.1, -0.05) is 30.2 Å². The summed E-state index contributed by atoms with van der Waals surface area (Å²) in [6, 6.07) is 7.43. The Morgan fingerprint density at radius 2 is 2.18 bits per heavy atom. The van der Waals surface area contributed by atoms with Gasteiger partial charge in [-0.3, -0.25) is 9.59 Å². The summed E-state index contributed by atoms with van der Waals surface area (Å²) in [5, 5.41) is 10.2. The molecule has 2 aliphatic rings. The number of amides is 1. The summed E-state index contributed by atoms with van der Waals surface area (Å²) in [6.45, 7) is 0.934. The van der Waals surface area contributed by atoms with E-state index < -0.39 is 11.4 Å². The molecule has 1 aliphatic carbocycles. The number of carboxylic acids is 1. The smallest absolute Gasteiger partial charge is 0.311 e. The standard InChI is InChI=1S/C16H18ClNO3S/c17-12-5-1-2-6-13(12)22-9-14(19)18-8-11-4-3-7-16(11,10-18)15(20)21/h1-2,5-6,11H,3-4,7-10H2,(H,20,21)/t11-,16+/m0/s1. The van der Waals surface area contributed by atoms with Crippen molar-refractivity contribution in [3.8, 4) is 0 Å². The lowest BCUT2D eigenvalue weighted by Crippen LogP contribution is -2.37. The van der Waals surface area contributed by atoms with Crippen molar-refractivity contribution in [2.24, 2.45) is 11.3 Å². The molecule has 0 aromatic heterocycles. The molecule has 118 valence electrons. The van der Waals surface area contributed by atoms with Gasteiger partial charge in [0, 0.05) is 18.0 Å². The van der Waals surface area contributed by atoms with Crippen LogP contribution in [-0.4, -0.2) is 40.7 Å². The third-order valence-corrected chi connectivity index (χ3v) is 6.34. The maximum absolute atomic E-state index is 12.4. The highest BCUT2D eigenvalue weighted by molar-refractivity contribution is 8.00. The van der Waals surface area contributed by atoms with Gasteiger partial charge in [-0.05, 0) is 30.9 Å². The van der Waals surface area contributed by atoms with Crippen LogP contribution in [0.1, 0.15) is 19.3 Å². The van der Waals surface area contributed by atoms with Crippen LogP contribution in [0.25, 0.3) is 0 Å². The molecular formula is C16H18ClNO3S. The normalized spacial score (nSPS) is 27.0. The van der Waals surface area contributed by atoms with Gasteiger partial charge < -0.3 is 10.0 Å². The first-order valence-corrected chi connectivity index (χ1v) is 8.78. The highest BCUT2D eigenvalue weighted by Gasteiger charge is 2.55. The molecule has 1 heterocycles. The average Bonchev–Trinajstić information content (AvgIpc) is 3.04. The van der Waals surface area contributed by atoms with Crippen molar-refractivity contribution in [3.05, 3.63) is 29.3 Å². The van der Waals surface area contributed by atoms with Crippen LogP contribution in [0.4, 0.5) is 0 Å². The third-order valence-electron chi connectivity index (χ3n) is 4.84. The number of carbonyl (C=O) groups is 2. The average molecular weight is 340 g/mol. The van der Waals surface area contributed by atoms with Gasteiger partial charge in [0.25, 0.3) is 0 Å². The zero-order valence-electron chi connectivity index (χ0n) is 12.1. The molecule has 22 heavy (non-hydrogen) atoms. The van der Waals surface area contributed by atoms with Crippen LogP contribution < -0.4 is 0 Å². The van der Waals surface area contributed by atoms with E-state index in [-0.39, 0.29) is 11.8 Å². The zero-order valence-corrected chi connectivity index (χ0v) is 13.7. The number of aliphatic carboxylic acids is 1. The van der Waals surface area contributed by atoms with Gasteiger partial charge in [0.2, 0.25) is 5.91 Å². The van der Waals surface area contributed by atoms with Crippen molar-refractivity contribution in [3.63, 3.8) is 0 Å². The van der Waals surface area contributed by atoms with Crippen molar-refractivity contribution in [1.82, 2.24) is 4.90 Å². The van der Waals surface area contributed by atoms with E-state index in [9.17, 15) is 14.7 Å². The second kappa shape index (κ2) is 6.13. The molecule has 1 N–H and O–H groups in total. The molecule has 0 unspecified atom stereocenters. The molecule has 1 amide bonds. The van der Waals surface area contributed by atoms with Gasteiger partial charge in [-0.25, -0.2) is 0 Å². The molecule has 1 aromatic carbocycles. The monoisotopic (exact) mass is 339 g/mol. The summed E-state index contributed by atoms with van der Waals surface area (Å²) >= 11 is 7.49. The minimum atomic E-state index is -0.746. The fourth-order valence-corrected chi connectivity index (χ4v) is 4.76. The lowest BCUT2D eigenvalue weighted by molar-refractivity contribution is -0.149. The second-order valence-corrected chi connectivity index (χ2v) is 7.47. The lowest BCUT2D eigenvalue weighted by Gasteiger charge is -2.23. The Hall–Kier alpha value is -1.20. The Morgan fingerprint density at radius 3 is 2.86 bits per heavy atom. The summed E-state index contributed by atoms with van der Waals surface area (Å²) in [5.41, 5.74) is -0.704. The fraction of sp³-hybridized carbons (Fsp3) is 0.500. The number of fused-ring (bicyclic) bond motifs is 1. The SMILES string of the molecule is O=C(CSc1ccccc1Cl)N1C[C@@H]2CCC[C@@]2(C(=O)O)C1. The van der Waals surface area contributed by atoms with E-state index in [2.05, 4.69) is 0 Å². The van der Waals surface area contributed by atoms with Crippen molar-refractivity contribution >= 4 is 35.2 Å². The van der Waals surface area contributed by atoms with Crippen LogP contribution in [0.2, 0.25) is 5.02 Å². The quantitative estimate of drug-likeness (QED) is 0.856. The maximum Gasteiger partial charge on any atom is 0.311 e. The molecule has 6 heteroatoms. The molecule has 0 bridgehead atoms. The van der Waals surface area contributed by atoms with Crippen molar-refractivity contribution in [2.75, 3.05) is 18.8 Å². The van der Waals surface area contributed by atoms with E-state index in [1.54, 1.807) is 11.0 Å². The Balaban J connectivity index is 1.63. The minimum absolute atomic E-state index is 0.0000512. The Bertz CT molecular complexity index is 609. The lowest BCUT2D eigenvalue weighted by atomic mass is 9.81. The number of carbonyl (C=O) groups excluding carboxylic acids is 1. The molecule has 1 saturated carbocycles. The Kier molecular flexibility index (Phi) is 4.37. The van der Waals surface area contributed by atoms with Crippen LogP contribution in [0.3, 0.4) is 0 Å². The fourth-order valence-electron chi connectivity index (χ4n) is 3.62. The summed E-state index contributed by atoms with van der Waals surface area (Å²) in [4.78, 5) is 26.6. The number of hydrogen-bond donors (Lipinski definition) is 1. The van der Waals surface area contributed by atoms with Crippen molar-refractivity contribution < 1.29 is 14.7 Å². The van der Waals surface area contributed by atoms with Crippen LogP contribution in [0.15, 0.2) is 29.2 Å². The zero-order chi connectivity index (χ0) is 15.7. The number of carboxylic acid groups (broad SMARTS) is 1. The number of nitrogens with zero attached hydrogens (tertiary/aromatic N) is 1. The van der Waals surface area contributed by atoms with Crippen molar-refractivity contribution in [2.45, 2.75) is 24.2 Å². The predicted octanol–water partition coefficient (Wildman–Crippen LogP) is 3.15. The second-order valence-electron chi connectivity index (χ2n) is 6.04. The van der Waals surface area contributed by atoms with E-state index in [1.807, 2.05) is 18.2 Å². The summed E-state index contributed by atoms with van der Waals surface area (Å²) < 4.78 is 0. The molecule has 1 aliphatic heterocycles. The van der Waals surface area contributed by atoms with Gasteiger partial charge in [0.05, 0.1) is 16.2 Å². The van der Waals surface area contributed by atoms with Gasteiger partial charge in [0.1, 0.15) is 0 Å². The van der Waals surface area contributed by atoms with Gasteiger partial charge in [0.15, 0.2) is 0 Å². The molecule has 0 spiro atoms. The van der Waals surface area contributed by atoms with E-state index in [0.29, 0.717) is 30.3 Å². The van der Waals surface area contributed by atoms with E-state index in [1.165, 1.54) is 11.8 Å². The largest absolute Gasteiger partial charge is 0.481 e. The molecule has 2 atom stereocenters. The third kappa shape index (κ3) is 2.72. The number of likely N-dealkylation sites (tertiary alicyclic amines) is 1. The molecule has 1 saturated heterocycles. The van der Waals surface area contributed by atoms with Crippen LogP contribution >= 0.6 is 23.4 Å². The van der Waals surface area contributed by atoms with Crippen LogP contribution in [-0.2, 0) is 9.59 Å². The number of benzene rings is 1. The number of hydrogen-bond acceptors (Lipinski definition) is 3. The number of halogens is 1. The molecule has 3 rings (SSSR count). The number of thioether (sulfide) groups is 1. The first-order valence-electron chi connectivity index (χ1n) is 7.41. The van der Waals surface area contributed by atoms with Crippen LogP contribution in [0, 0.1) is 11.3 Å². The van der Waals surface area contributed by atoms with Gasteiger partial charge in [-0.2, -0.15) is 0 Å². The molecule has 2 fully saturated rings. The summed E-state index contributed by atoms with van der Waals surface area (Å²) in [5.74, 6) is -0.338. The molecular weight excluding hydrogens is 322 g/mol. The molecule has 0 radical (unpaired) electrons.